The number of hydrogen-bond acceptors (Lipinski definition) is 3. The largest absolute Gasteiger partial charge is 0.497 e. The quantitative estimate of drug-likeness (QED) is 0.170. The van der Waals surface area contributed by atoms with Gasteiger partial charge in [0.1, 0.15) is 23.3 Å². The predicted molar refractivity (Wildman–Crippen MR) is 158 cm³/mol. The molecule has 2 aromatic heterocycles. The SMILES string of the molecule is CCCCCCCCCCC(=O)N1CCc2c([nH]c3ccc(OC)cc23)C1c1ccc(-c2ccccc2C(F)(F)F)o1. The number of nitrogens with one attached hydrogen (secondary N) is 1. The third-order valence-electron chi connectivity index (χ3n) is 8.29. The van der Waals surface area contributed by atoms with Crippen molar-refractivity contribution >= 4 is 16.8 Å². The molecule has 1 unspecified atom stereocenters. The average Bonchev–Trinajstić information content (AvgIpc) is 3.62. The molecule has 0 fully saturated rings. The summed E-state index contributed by atoms with van der Waals surface area (Å²) >= 11 is 0. The Balaban J connectivity index is 1.43. The van der Waals surface area contributed by atoms with Gasteiger partial charge in [-0.05, 0) is 54.8 Å². The number of aromatic amines is 1. The number of halogens is 3. The number of ether oxygens (including phenoxy) is 1. The molecule has 1 N–H and O–H groups in total. The van der Waals surface area contributed by atoms with Crippen molar-refractivity contribution in [3.8, 4) is 17.1 Å². The molecule has 0 aliphatic carbocycles. The Morgan fingerprint density at radius 3 is 2.48 bits per heavy atom. The van der Waals surface area contributed by atoms with Gasteiger partial charge >= 0.3 is 6.18 Å². The summed E-state index contributed by atoms with van der Waals surface area (Å²) in [5.41, 5.74) is 2.04. The fraction of sp³-hybridized carbons (Fsp3) is 0.441. The number of methoxy groups -OCH3 is 1. The van der Waals surface area contributed by atoms with Crippen LogP contribution in [0.25, 0.3) is 22.2 Å². The number of unbranched alkanes of at least 4 members (excludes halogenated alkanes) is 7. The molecule has 4 aromatic rings. The van der Waals surface area contributed by atoms with E-state index in [2.05, 4.69) is 11.9 Å². The van der Waals surface area contributed by atoms with Gasteiger partial charge in [-0.3, -0.25) is 4.79 Å². The van der Waals surface area contributed by atoms with Crippen LogP contribution in [0.4, 0.5) is 13.2 Å². The topological polar surface area (TPSA) is 58.5 Å². The predicted octanol–water partition coefficient (Wildman–Crippen LogP) is 9.46. The van der Waals surface area contributed by atoms with Crippen LogP contribution < -0.4 is 4.74 Å². The maximum absolute atomic E-state index is 13.8. The average molecular weight is 581 g/mol. The number of nitrogens with zero attached hydrogens (tertiary/aromatic N) is 1. The lowest BCUT2D eigenvalue weighted by Gasteiger charge is -2.35. The number of carbonyl (C=O) groups is 1. The van der Waals surface area contributed by atoms with Crippen molar-refractivity contribution in [3.05, 3.63) is 77.2 Å². The van der Waals surface area contributed by atoms with Crippen LogP contribution in [0.15, 0.2) is 59.0 Å². The van der Waals surface area contributed by atoms with E-state index in [1.165, 1.54) is 44.2 Å². The molecule has 0 radical (unpaired) electrons. The van der Waals surface area contributed by atoms with Crippen LogP contribution in [0, 0.1) is 0 Å². The van der Waals surface area contributed by atoms with E-state index < -0.39 is 17.8 Å². The van der Waals surface area contributed by atoms with Crippen LogP contribution in [-0.4, -0.2) is 29.4 Å². The van der Waals surface area contributed by atoms with Gasteiger partial charge in [-0.1, -0.05) is 70.1 Å². The van der Waals surface area contributed by atoms with Crippen molar-refractivity contribution < 1.29 is 27.1 Å². The number of amides is 1. The van der Waals surface area contributed by atoms with Gasteiger partial charge < -0.3 is 19.0 Å². The standard InChI is InChI=1S/C34H39F3N2O3/c1-3-4-5-6-7-8-9-10-15-31(40)39-21-20-24-26-22-23(41-2)16-17-28(26)38-32(24)33(39)30-19-18-29(42-30)25-13-11-12-14-27(25)34(35,36)37/h11-14,16-19,22,33,38H,3-10,15,20-21H2,1-2H3. The highest BCUT2D eigenvalue weighted by Gasteiger charge is 2.38. The number of carbonyl (C=O) groups excluding carboxylic acids is 1. The van der Waals surface area contributed by atoms with E-state index >= 15 is 0 Å². The van der Waals surface area contributed by atoms with Crippen LogP contribution in [0.2, 0.25) is 0 Å². The van der Waals surface area contributed by atoms with Crippen molar-refractivity contribution in [1.82, 2.24) is 9.88 Å². The first-order valence-electron chi connectivity index (χ1n) is 15.1. The number of alkyl halides is 3. The second-order valence-electron chi connectivity index (χ2n) is 11.1. The van der Waals surface area contributed by atoms with Crippen LogP contribution in [0.5, 0.6) is 5.75 Å². The summed E-state index contributed by atoms with van der Waals surface area (Å²) in [5, 5.41) is 1.01. The Morgan fingerprint density at radius 2 is 1.74 bits per heavy atom. The fourth-order valence-corrected chi connectivity index (χ4v) is 6.10. The first kappa shape index (κ1) is 29.8. The molecule has 1 atom stereocenters. The van der Waals surface area contributed by atoms with Crippen LogP contribution in [0.1, 0.15) is 93.3 Å². The van der Waals surface area contributed by atoms with E-state index in [9.17, 15) is 18.0 Å². The fourth-order valence-electron chi connectivity index (χ4n) is 6.10. The minimum absolute atomic E-state index is 0.0227. The molecule has 5 rings (SSSR count). The maximum Gasteiger partial charge on any atom is 0.417 e. The van der Waals surface area contributed by atoms with Gasteiger partial charge in [-0.15, -0.1) is 0 Å². The van der Waals surface area contributed by atoms with Gasteiger partial charge in [0.2, 0.25) is 5.91 Å². The molecular weight excluding hydrogens is 541 g/mol. The molecule has 8 heteroatoms. The third-order valence-corrected chi connectivity index (χ3v) is 8.29. The lowest BCUT2D eigenvalue weighted by Crippen LogP contribution is -2.40. The van der Waals surface area contributed by atoms with Crippen molar-refractivity contribution in [3.63, 3.8) is 0 Å². The van der Waals surface area contributed by atoms with Crippen LogP contribution >= 0.6 is 0 Å². The molecule has 0 saturated heterocycles. The van der Waals surface area contributed by atoms with Crippen molar-refractivity contribution in [1.29, 1.82) is 0 Å². The number of hydrogen-bond donors (Lipinski definition) is 1. The Hall–Kier alpha value is -3.68. The molecule has 0 bridgehead atoms. The van der Waals surface area contributed by atoms with Gasteiger partial charge in [0.25, 0.3) is 0 Å². The summed E-state index contributed by atoms with van der Waals surface area (Å²) in [7, 11) is 1.62. The second-order valence-corrected chi connectivity index (χ2v) is 11.1. The van der Waals surface area contributed by atoms with Gasteiger partial charge in [0, 0.05) is 29.4 Å². The summed E-state index contributed by atoms with van der Waals surface area (Å²) in [6.07, 6.45) is 5.70. The molecule has 0 spiro atoms. The minimum atomic E-state index is -4.52. The van der Waals surface area contributed by atoms with E-state index in [4.69, 9.17) is 9.15 Å². The Bertz CT molecular complexity index is 1500. The van der Waals surface area contributed by atoms with E-state index in [0.29, 0.717) is 25.1 Å². The van der Waals surface area contributed by atoms with E-state index in [-0.39, 0.29) is 17.2 Å². The highest BCUT2D eigenvalue weighted by Crippen LogP contribution is 2.43. The van der Waals surface area contributed by atoms with Crippen molar-refractivity contribution in [2.24, 2.45) is 0 Å². The Labute approximate surface area is 245 Å². The number of benzene rings is 2. The zero-order valence-electron chi connectivity index (χ0n) is 24.4. The Morgan fingerprint density at radius 1 is 1.00 bits per heavy atom. The summed E-state index contributed by atoms with van der Waals surface area (Å²) in [4.78, 5) is 19.0. The molecular formula is C34H39F3N2O3. The smallest absolute Gasteiger partial charge is 0.417 e. The number of rotatable bonds is 12. The molecule has 2 aromatic carbocycles. The lowest BCUT2D eigenvalue weighted by molar-refractivity contribution is -0.137. The zero-order chi connectivity index (χ0) is 29.7. The Kier molecular flexibility index (Phi) is 9.29. The minimum Gasteiger partial charge on any atom is -0.497 e. The molecule has 224 valence electrons. The number of furan rings is 1. The van der Waals surface area contributed by atoms with Gasteiger partial charge in [0.05, 0.1) is 18.4 Å². The van der Waals surface area contributed by atoms with Gasteiger partial charge in [-0.2, -0.15) is 13.2 Å². The monoisotopic (exact) mass is 580 g/mol. The van der Waals surface area contributed by atoms with Gasteiger partial charge in [-0.25, -0.2) is 0 Å². The first-order chi connectivity index (χ1) is 20.3. The van der Waals surface area contributed by atoms with Gasteiger partial charge in [0.15, 0.2) is 0 Å². The molecule has 42 heavy (non-hydrogen) atoms. The van der Waals surface area contributed by atoms with Crippen LogP contribution in [-0.2, 0) is 17.4 Å². The maximum atomic E-state index is 13.8. The van der Waals surface area contributed by atoms with Crippen molar-refractivity contribution in [2.45, 2.75) is 83.4 Å². The molecule has 3 heterocycles. The molecule has 5 nitrogen and oxygen atoms in total. The summed E-state index contributed by atoms with van der Waals surface area (Å²) < 4.78 is 53.0. The summed E-state index contributed by atoms with van der Waals surface area (Å²) in [5.74, 6) is 1.32. The number of aromatic nitrogens is 1. The first-order valence-corrected chi connectivity index (χ1v) is 15.1. The molecule has 1 amide bonds. The van der Waals surface area contributed by atoms with E-state index in [1.807, 2.05) is 23.1 Å². The third kappa shape index (κ3) is 6.37. The highest BCUT2D eigenvalue weighted by molar-refractivity contribution is 5.88. The lowest BCUT2D eigenvalue weighted by atomic mass is 9.95. The highest BCUT2D eigenvalue weighted by atomic mass is 19.4. The summed E-state index contributed by atoms with van der Waals surface area (Å²) in [6, 6.07) is 13.9. The normalized spacial score (nSPS) is 15.3. The molecule has 1 aliphatic heterocycles. The molecule has 0 saturated carbocycles. The zero-order valence-corrected chi connectivity index (χ0v) is 24.4. The van der Waals surface area contributed by atoms with Crippen molar-refractivity contribution in [2.75, 3.05) is 13.7 Å². The summed E-state index contributed by atoms with van der Waals surface area (Å²) in [6.45, 7) is 2.70. The van der Waals surface area contributed by atoms with E-state index in [0.717, 1.165) is 53.2 Å². The number of fused-ring (bicyclic) bond motifs is 3. The number of H-pyrrole nitrogens is 1. The molecule has 1 aliphatic rings. The van der Waals surface area contributed by atoms with Crippen LogP contribution in [0.3, 0.4) is 0 Å². The van der Waals surface area contributed by atoms with E-state index in [1.54, 1.807) is 25.3 Å². The second kappa shape index (κ2) is 13.1.